The lowest BCUT2D eigenvalue weighted by Gasteiger charge is -2.15. The molecule has 1 unspecified atom stereocenters. The smallest absolute Gasteiger partial charge is 0.306 e. The summed E-state index contributed by atoms with van der Waals surface area (Å²) in [6.45, 7) is 6.24. The molecule has 0 heterocycles. The van der Waals surface area contributed by atoms with Gasteiger partial charge >= 0.3 is 5.97 Å². The molecule has 0 aromatic rings. The fourth-order valence-corrected chi connectivity index (χ4v) is 2.74. The van der Waals surface area contributed by atoms with Crippen molar-refractivity contribution in [3.63, 3.8) is 0 Å². The summed E-state index contributed by atoms with van der Waals surface area (Å²) in [5.74, 6) is -0.560. The monoisotopic (exact) mass is 322 g/mol. The van der Waals surface area contributed by atoms with Crippen molar-refractivity contribution in [3.8, 4) is 0 Å². The van der Waals surface area contributed by atoms with E-state index in [-0.39, 0.29) is 11.8 Å². The zero-order valence-corrected chi connectivity index (χ0v) is 15.6. The molecule has 0 aliphatic carbocycles. The van der Waals surface area contributed by atoms with E-state index in [9.17, 15) is 4.79 Å². The van der Waals surface area contributed by atoms with Gasteiger partial charge in [0.2, 0.25) is 0 Å². The van der Waals surface area contributed by atoms with Crippen LogP contribution in [0.15, 0.2) is 24.3 Å². The number of rotatable bonds is 15. The van der Waals surface area contributed by atoms with E-state index >= 15 is 0 Å². The van der Waals surface area contributed by atoms with Crippen molar-refractivity contribution < 1.29 is 9.90 Å². The van der Waals surface area contributed by atoms with Gasteiger partial charge in [0.05, 0.1) is 5.92 Å². The van der Waals surface area contributed by atoms with Crippen LogP contribution in [0.4, 0.5) is 0 Å². The van der Waals surface area contributed by atoms with Gasteiger partial charge in [0.25, 0.3) is 0 Å². The average Bonchev–Trinajstić information content (AvgIpc) is 2.50. The summed E-state index contributed by atoms with van der Waals surface area (Å²) < 4.78 is 0. The Balaban J connectivity index is 3.45. The number of aliphatic carboxylic acids is 1. The van der Waals surface area contributed by atoms with Crippen molar-refractivity contribution in [2.24, 2.45) is 11.8 Å². The SMILES string of the molecule is CCCCC/C=C/C/C=C/CCCCCCC(C(=O)O)C(C)C. The van der Waals surface area contributed by atoms with E-state index < -0.39 is 5.97 Å². The van der Waals surface area contributed by atoms with Crippen molar-refractivity contribution in [3.05, 3.63) is 24.3 Å². The van der Waals surface area contributed by atoms with Crippen molar-refractivity contribution in [2.75, 3.05) is 0 Å². The molecule has 0 aliphatic heterocycles. The lowest BCUT2D eigenvalue weighted by molar-refractivity contribution is -0.143. The van der Waals surface area contributed by atoms with Gasteiger partial charge in [0, 0.05) is 0 Å². The third-order valence-electron chi connectivity index (χ3n) is 4.34. The molecule has 0 bridgehead atoms. The summed E-state index contributed by atoms with van der Waals surface area (Å²) in [4.78, 5) is 11.1. The van der Waals surface area contributed by atoms with Crippen LogP contribution in [0.2, 0.25) is 0 Å². The van der Waals surface area contributed by atoms with E-state index in [2.05, 4.69) is 31.2 Å². The molecule has 0 aromatic carbocycles. The molecular weight excluding hydrogens is 284 g/mol. The molecule has 0 saturated carbocycles. The van der Waals surface area contributed by atoms with Crippen molar-refractivity contribution in [2.45, 2.75) is 91.4 Å². The van der Waals surface area contributed by atoms with Crippen LogP contribution in [0, 0.1) is 11.8 Å². The van der Waals surface area contributed by atoms with E-state index in [1.54, 1.807) is 0 Å². The van der Waals surface area contributed by atoms with Gasteiger partial charge in [-0.2, -0.15) is 0 Å². The summed E-state index contributed by atoms with van der Waals surface area (Å²) in [5, 5.41) is 9.13. The molecular formula is C21H38O2. The van der Waals surface area contributed by atoms with E-state index in [1.165, 1.54) is 38.5 Å². The number of allylic oxidation sites excluding steroid dienone is 4. The van der Waals surface area contributed by atoms with Gasteiger partial charge in [-0.15, -0.1) is 0 Å². The first-order valence-electron chi connectivity index (χ1n) is 9.62. The number of hydrogen-bond donors (Lipinski definition) is 1. The molecule has 1 N–H and O–H groups in total. The van der Waals surface area contributed by atoms with Crippen LogP contribution in [0.3, 0.4) is 0 Å². The minimum Gasteiger partial charge on any atom is -0.481 e. The normalized spacial score (nSPS) is 13.4. The van der Waals surface area contributed by atoms with Crippen LogP contribution in [-0.2, 0) is 4.79 Å². The molecule has 0 aliphatic rings. The molecule has 0 aromatic heterocycles. The molecule has 0 amide bonds. The first-order valence-corrected chi connectivity index (χ1v) is 9.62. The van der Waals surface area contributed by atoms with Crippen LogP contribution in [0.5, 0.6) is 0 Å². The number of carbonyl (C=O) groups is 1. The molecule has 2 nitrogen and oxygen atoms in total. The summed E-state index contributed by atoms with van der Waals surface area (Å²) in [5.41, 5.74) is 0. The Kier molecular flexibility index (Phi) is 15.1. The van der Waals surface area contributed by atoms with Gasteiger partial charge in [0.1, 0.15) is 0 Å². The third kappa shape index (κ3) is 14.3. The minimum absolute atomic E-state index is 0.168. The van der Waals surface area contributed by atoms with Gasteiger partial charge in [0.15, 0.2) is 0 Å². The largest absolute Gasteiger partial charge is 0.481 e. The lowest BCUT2D eigenvalue weighted by atomic mass is 9.90. The first-order chi connectivity index (χ1) is 11.1. The maximum Gasteiger partial charge on any atom is 0.306 e. The fraction of sp³-hybridized carbons (Fsp3) is 0.762. The van der Waals surface area contributed by atoms with Crippen LogP contribution in [0.1, 0.15) is 91.4 Å². The molecule has 0 rings (SSSR count). The zero-order valence-electron chi connectivity index (χ0n) is 15.6. The Morgan fingerprint density at radius 2 is 1.43 bits per heavy atom. The molecule has 0 spiro atoms. The second-order valence-electron chi connectivity index (χ2n) is 6.85. The van der Waals surface area contributed by atoms with E-state index in [0.717, 1.165) is 32.1 Å². The highest BCUT2D eigenvalue weighted by Crippen LogP contribution is 2.19. The quantitative estimate of drug-likeness (QED) is 0.267. The Bertz CT molecular complexity index is 329. The van der Waals surface area contributed by atoms with Gasteiger partial charge in [-0.1, -0.05) is 77.2 Å². The number of unbranched alkanes of at least 4 members (excludes halogenated alkanes) is 7. The van der Waals surface area contributed by atoms with Gasteiger partial charge in [-0.25, -0.2) is 0 Å². The molecule has 0 radical (unpaired) electrons. The standard InChI is InChI=1S/C21H38O2/c1-4-5-6-7-8-9-10-11-12-13-14-15-16-17-18-20(19(2)3)21(22)23/h8-9,11-12,19-20H,4-7,10,13-18H2,1-3H3,(H,22,23)/b9-8+,12-11+. The van der Waals surface area contributed by atoms with Crippen molar-refractivity contribution in [1.82, 2.24) is 0 Å². The highest BCUT2D eigenvalue weighted by molar-refractivity contribution is 5.70. The Labute approximate surface area is 144 Å². The third-order valence-corrected chi connectivity index (χ3v) is 4.34. The van der Waals surface area contributed by atoms with Gasteiger partial charge in [-0.3, -0.25) is 4.79 Å². The topological polar surface area (TPSA) is 37.3 Å². The molecule has 134 valence electrons. The van der Waals surface area contributed by atoms with Crippen molar-refractivity contribution >= 4 is 5.97 Å². The highest BCUT2D eigenvalue weighted by Gasteiger charge is 2.20. The average molecular weight is 323 g/mol. The summed E-state index contributed by atoms with van der Waals surface area (Å²) in [7, 11) is 0. The van der Waals surface area contributed by atoms with Crippen LogP contribution in [0.25, 0.3) is 0 Å². The molecule has 2 heteroatoms. The lowest BCUT2D eigenvalue weighted by Crippen LogP contribution is -2.19. The Morgan fingerprint density at radius 1 is 0.870 bits per heavy atom. The van der Waals surface area contributed by atoms with E-state index in [0.29, 0.717) is 0 Å². The number of carboxylic acid groups (broad SMARTS) is 1. The second-order valence-corrected chi connectivity index (χ2v) is 6.85. The summed E-state index contributed by atoms with van der Waals surface area (Å²) >= 11 is 0. The summed E-state index contributed by atoms with van der Waals surface area (Å²) in [6.07, 6.45) is 21.9. The first kappa shape index (κ1) is 21.9. The van der Waals surface area contributed by atoms with Crippen molar-refractivity contribution in [1.29, 1.82) is 0 Å². The molecule has 0 saturated heterocycles. The van der Waals surface area contributed by atoms with Gasteiger partial charge < -0.3 is 5.11 Å². The zero-order chi connectivity index (χ0) is 17.3. The molecule has 23 heavy (non-hydrogen) atoms. The van der Waals surface area contributed by atoms with Crippen LogP contribution < -0.4 is 0 Å². The predicted molar refractivity (Wildman–Crippen MR) is 101 cm³/mol. The number of carboxylic acids is 1. The number of hydrogen-bond acceptors (Lipinski definition) is 1. The Hall–Kier alpha value is -1.05. The van der Waals surface area contributed by atoms with Crippen LogP contribution in [-0.4, -0.2) is 11.1 Å². The maximum atomic E-state index is 11.1. The fourth-order valence-electron chi connectivity index (χ4n) is 2.74. The second kappa shape index (κ2) is 15.8. The molecule has 1 atom stereocenters. The highest BCUT2D eigenvalue weighted by atomic mass is 16.4. The van der Waals surface area contributed by atoms with E-state index in [4.69, 9.17) is 5.11 Å². The minimum atomic E-state index is -0.634. The maximum absolute atomic E-state index is 11.1. The van der Waals surface area contributed by atoms with E-state index in [1.807, 2.05) is 13.8 Å². The predicted octanol–water partition coefficient (Wildman–Crippen LogP) is 6.77. The summed E-state index contributed by atoms with van der Waals surface area (Å²) in [6, 6.07) is 0. The van der Waals surface area contributed by atoms with Crippen LogP contribution >= 0.6 is 0 Å². The Morgan fingerprint density at radius 3 is 1.96 bits per heavy atom. The van der Waals surface area contributed by atoms with Gasteiger partial charge in [-0.05, 0) is 44.4 Å². The molecule has 0 fully saturated rings.